The molecule has 0 bridgehead atoms. The van der Waals surface area contributed by atoms with Crippen LogP contribution in [0.15, 0.2) is 22.6 Å². The van der Waals surface area contributed by atoms with Gasteiger partial charge in [-0.15, -0.1) is 0 Å². The molecule has 1 aromatic carbocycles. The first-order valence-corrected chi connectivity index (χ1v) is 8.87. The Balaban J connectivity index is 1.61. The summed E-state index contributed by atoms with van der Waals surface area (Å²) < 4.78 is 51.2. The third-order valence-corrected chi connectivity index (χ3v) is 4.24. The molecule has 1 aliphatic heterocycles. The average molecular weight is 419 g/mol. The minimum Gasteiger partial charge on any atom is -0.487 e. The van der Waals surface area contributed by atoms with E-state index < -0.39 is 31.1 Å². The normalized spacial score (nSPS) is 17.7. The lowest BCUT2D eigenvalue weighted by Crippen LogP contribution is -2.39. The van der Waals surface area contributed by atoms with Crippen LogP contribution in [0, 0.1) is 0 Å². The molecule has 0 radical (unpaired) electrons. The van der Waals surface area contributed by atoms with Gasteiger partial charge in [0.2, 0.25) is 6.29 Å². The second kappa shape index (κ2) is 8.84. The Bertz CT molecular complexity index is 837. The van der Waals surface area contributed by atoms with Crippen molar-refractivity contribution in [2.75, 3.05) is 25.0 Å². The van der Waals surface area contributed by atoms with Gasteiger partial charge >= 0.3 is 12.1 Å². The second-order valence-corrected chi connectivity index (χ2v) is 6.46. The number of fused-ring (bicyclic) bond motifs is 1. The molecule has 1 aliphatic rings. The van der Waals surface area contributed by atoms with Gasteiger partial charge in [0, 0.05) is 6.04 Å². The lowest BCUT2D eigenvalue weighted by Gasteiger charge is -2.22. The number of aliphatic hydroxyl groups is 2. The molecule has 9 nitrogen and oxygen atoms in total. The van der Waals surface area contributed by atoms with Crippen molar-refractivity contribution in [1.82, 2.24) is 10.3 Å². The predicted molar refractivity (Wildman–Crippen MR) is 93.2 cm³/mol. The summed E-state index contributed by atoms with van der Waals surface area (Å²) in [6.45, 7) is 1.11. The van der Waals surface area contributed by atoms with Crippen LogP contribution >= 0.6 is 0 Å². The maximum absolute atomic E-state index is 12.1. The number of benzene rings is 1. The van der Waals surface area contributed by atoms with Gasteiger partial charge in [-0.05, 0) is 38.1 Å². The molecule has 0 spiro atoms. The fourth-order valence-electron chi connectivity index (χ4n) is 2.75. The van der Waals surface area contributed by atoms with Crippen LogP contribution in [0.5, 0.6) is 5.75 Å². The highest BCUT2D eigenvalue weighted by molar-refractivity contribution is 5.80. The van der Waals surface area contributed by atoms with Gasteiger partial charge in [-0.1, -0.05) is 6.07 Å². The van der Waals surface area contributed by atoms with E-state index in [-0.39, 0.29) is 17.4 Å². The molecule has 1 aromatic heterocycles. The molecule has 0 amide bonds. The molecule has 2 unspecified atom stereocenters. The first-order valence-electron chi connectivity index (χ1n) is 8.87. The second-order valence-electron chi connectivity index (χ2n) is 6.46. The van der Waals surface area contributed by atoms with Crippen LogP contribution in [0.4, 0.5) is 19.2 Å². The van der Waals surface area contributed by atoms with Crippen molar-refractivity contribution in [3.63, 3.8) is 0 Å². The molecule has 2 heterocycles. The molecule has 2 aromatic rings. The van der Waals surface area contributed by atoms with Crippen LogP contribution in [-0.2, 0) is 9.53 Å². The Morgan fingerprint density at radius 1 is 1.34 bits per heavy atom. The molecule has 3 rings (SSSR count). The Morgan fingerprint density at radius 2 is 2.07 bits per heavy atom. The average Bonchev–Trinajstić information content (AvgIpc) is 3.08. The molecule has 1 saturated heterocycles. The number of halogens is 3. The zero-order valence-electron chi connectivity index (χ0n) is 15.1. The summed E-state index contributed by atoms with van der Waals surface area (Å²) >= 11 is 0. The quantitative estimate of drug-likeness (QED) is 0.386. The number of carbonyl (C=O) groups is 1. The number of nitrogens with one attached hydrogen (secondary N) is 2. The van der Waals surface area contributed by atoms with Crippen molar-refractivity contribution < 1.29 is 42.1 Å². The van der Waals surface area contributed by atoms with Gasteiger partial charge in [-0.3, -0.25) is 0 Å². The van der Waals surface area contributed by atoms with Crippen LogP contribution in [-0.4, -0.2) is 65.5 Å². The standard InChI is InChI=1S/C17H20F3N3O6/c18-17(19,20)15(26)29-14(25)11(24)8-27-12-3-1-2-10-13(12)28-16(23-10)22-9-4-6-21-7-5-9/h1-3,9,11,14,21,24-25H,4-8H2,(H,22,23). The summed E-state index contributed by atoms with van der Waals surface area (Å²) in [7, 11) is 0. The summed E-state index contributed by atoms with van der Waals surface area (Å²) in [5.41, 5.74) is 0.732. The SMILES string of the molecule is O=C(OC(O)C(O)COc1cccc2nc(NC3CCNCC3)oc12)C(F)(F)F. The van der Waals surface area contributed by atoms with E-state index in [0.29, 0.717) is 11.5 Å². The smallest absolute Gasteiger partial charge is 0.487 e. The molecule has 0 saturated carbocycles. The largest absolute Gasteiger partial charge is 0.491 e. The van der Waals surface area contributed by atoms with Crippen molar-refractivity contribution in [2.24, 2.45) is 0 Å². The third-order valence-electron chi connectivity index (χ3n) is 4.24. The van der Waals surface area contributed by atoms with Crippen molar-refractivity contribution >= 4 is 23.1 Å². The highest BCUT2D eigenvalue weighted by atomic mass is 19.4. The number of anilines is 1. The molecular weight excluding hydrogens is 399 g/mol. The Hall–Kier alpha value is -2.57. The number of rotatable bonds is 7. The van der Waals surface area contributed by atoms with Crippen molar-refractivity contribution in [1.29, 1.82) is 0 Å². The number of nitrogens with zero attached hydrogens (tertiary/aromatic N) is 1. The van der Waals surface area contributed by atoms with Gasteiger partial charge in [0.05, 0.1) is 0 Å². The number of hydrogen-bond acceptors (Lipinski definition) is 9. The fourth-order valence-corrected chi connectivity index (χ4v) is 2.75. The first kappa shape index (κ1) is 21.1. The van der Waals surface area contributed by atoms with Gasteiger partial charge in [0.15, 0.2) is 11.3 Å². The summed E-state index contributed by atoms with van der Waals surface area (Å²) in [6, 6.07) is 5.29. The molecular formula is C17H20F3N3O6. The summed E-state index contributed by atoms with van der Waals surface area (Å²) in [5, 5.41) is 25.5. The highest BCUT2D eigenvalue weighted by Crippen LogP contribution is 2.29. The van der Waals surface area contributed by atoms with E-state index in [9.17, 15) is 28.2 Å². The number of ether oxygens (including phenoxy) is 2. The zero-order chi connectivity index (χ0) is 21.0. The summed E-state index contributed by atoms with van der Waals surface area (Å²) in [5.74, 6) is -2.46. The number of oxazole rings is 1. The Labute approximate surface area is 162 Å². The van der Waals surface area contributed by atoms with E-state index in [1.54, 1.807) is 12.1 Å². The van der Waals surface area contributed by atoms with E-state index in [1.165, 1.54) is 6.07 Å². The molecule has 4 N–H and O–H groups in total. The molecule has 0 aliphatic carbocycles. The Kier molecular flexibility index (Phi) is 6.45. The zero-order valence-corrected chi connectivity index (χ0v) is 15.1. The van der Waals surface area contributed by atoms with E-state index >= 15 is 0 Å². The molecule has 1 fully saturated rings. The number of aromatic nitrogens is 1. The minimum absolute atomic E-state index is 0.154. The maximum atomic E-state index is 12.1. The molecule has 12 heteroatoms. The third kappa shape index (κ3) is 5.49. The highest BCUT2D eigenvalue weighted by Gasteiger charge is 2.43. The van der Waals surface area contributed by atoms with Crippen molar-refractivity contribution in [3.05, 3.63) is 18.2 Å². The predicted octanol–water partition coefficient (Wildman–Crippen LogP) is 1.16. The lowest BCUT2D eigenvalue weighted by molar-refractivity contribution is -0.232. The first-order chi connectivity index (χ1) is 13.7. The summed E-state index contributed by atoms with van der Waals surface area (Å²) in [6.07, 6.45) is -7.79. The van der Waals surface area contributed by atoms with Crippen LogP contribution in [0.3, 0.4) is 0 Å². The number of hydrogen-bond donors (Lipinski definition) is 4. The number of para-hydroxylation sites is 1. The Morgan fingerprint density at radius 3 is 2.76 bits per heavy atom. The van der Waals surface area contributed by atoms with E-state index in [1.807, 2.05) is 0 Å². The number of carbonyl (C=O) groups excluding carboxylic acids is 1. The lowest BCUT2D eigenvalue weighted by atomic mass is 10.1. The van der Waals surface area contributed by atoms with Gasteiger partial charge < -0.3 is 34.7 Å². The molecule has 2 atom stereocenters. The summed E-state index contributed by atoms with van der Waals surface area (Å²) in [4.78, 5) is 15.0. The topological polar surface area (TPSA) is 126 Å². The van der Waals surface area contributed by atoms with Gasteiger partial charge in [-0.2, -0.15) is 18.2 Å². The van der Waals surface area contributed by atoms with Crippen LogP contribution in [0.25, 0.3) is 11.1 Å². The fraction of sp³-hybridized carbons (Fsp3) is 0.529. The molecule has 29 heavy (non-hydrogen) atoms. The number of aliphatic hydroxyl groups excluding tert-OH is 2. The van der Waals surface area contributed by atoms with Crippen LogP contribution < -0.4 is 15.4 Å². The van der Waals surface area contributed by atoms with E-state index in [4.69, 9.17) is 9.15 Å². The number of esters is 1. The van der Waals surface area contributed by atoms with Crippen molar-refractivity contribution in [2.45, 2.75) is 37.5 Å². The van der Waals surface area contributed by atoms with Gasteiger partial charge in [-0.25, -0.2) is 4.79 Å². The van der Waals surface area contributed by atoms with Crippen LogP contribution in [0.2, 0.25) is 0 Å². The van der Waals surface area contributed by atoms with Crippen molar-refractivity contribution in [3.8, 4) is 5.75 Å². The van der Waals surface area contributed by atoms with Crippen LogP contribution in [0.1, 0.15) is 12.8 Å². The van der Waals surface area contributed by atoms with Gasteiger partial charge in [0.1, 0.15) is 18.2 Å². The number of alkyl halides is 3. The monoisotopic (exact) mass is 419 g/mol. The van der Waals surface area contributed by atoms with E-state index in [2.05, 4.69) is 20.4 Å². The van der Waals surface area contributed by atoms with E-state index in [0.717, 1.165) is 25.9 Å². The minimum atomic E-state index is -5.29. The maximum Gasteiger partial charge on any atom is 0.491 e. The molecule has 160 valence electrons. The number of piperidine rings is 1. The van der Waals surface area contributed by atoms with Gasteiger partial charge in [0.25, 0.3) is 6.01 Å².